The van der Waals surface area contributed by atoms with Gasteiger partial charge in [0.1, 0.15) is 6.10 Å². The lowest BCUT2D eigenvalue weighted by Gasteiger charge is -2.58. The van der Waals surface area contributed by atoms with Crippen LogP contribution in [0.3, 0.4) is 0 Å². The van der Waals surface area contributed by atoms with Crippen LogP contribution in [0.25, 0.3) is 0 Å². The molecule has 0 heterocycles. The molecule has 3 heteroatoms. The van der Waals surface area contributed by atoms with Crippen LogP contribution in [0.15, 0.2) is 47.0 Å². The van der Waals surface area contributed by atoms with Crippen molar-refractivity contribution in [1.82, 2.24) is 0 Å². The highest BCUT2D eigenvalue weighted by Gasteiger charge is 2.59. The SMILES string of the molecule is C=C(CC[C@@H](C)[C@H]1CC[C@H]2[C@@H]3CC=C4C[C@H](OC(=O)CCCC#CC#C/C=C/CCCCC#C/C=C/Br)CC[C@]4(C)[C@H]3CC[C@]12C)C(CC)CC. The summed E-state index contributed by atoms with van der Waals surface area (Å²) in [6.07, 6.45) is 29.3. The van der Waals surface area contributed by atoms with Gasteiger partial charge in [-0.15, -0.1) is 0 Å². The minimum Gasteiger partial charge on any atom is -0.462 e. The number of hydrogen-bond donors (Lipinski definition) is 0. The number of allylic oxidation sites excluding steroid dienone is 5. The number of rotatable bonds is 15. The van der Waals surface area contributed by atoms with Crippen LogP contribution in [0.4, 0.5) is 0 Å². The third kappa shape index (κ3) is 11.1. The summed E-state index contributed by atoms with van der Waals surface area (Å²) in [6.45, 7) is 16.9. The molecule has 4 rings (SSSR count). The number of ether oxygens (including phenoxy) is 1. The zero-order valence-corrected chi connectivity index (χ0v) is 34.4. The quantitative estimate of drug-likeness (QED) is 0.0720. The van der Waals surface area contributed by atoms with Gasteiger partial charge >= 0.3 is 5.97 Å². The third-order valence-corrected chi connectivity index (χ3v) is 14.1. The Bertz CT molecular complexity index is 1440. The highest BCUT2D eigenvalue weighted by atomic mass is 79.9. The first-order valence-corrected chi connectivity index (χ1v) is 21.5. The summed E-state index contributed by atoms with van der Waals surface area (Å²) in [5, 5.41) is 0. The largest absolute Gasteiger partial charge is 0.462 e. The van der Waals surface area contributed by atoms with Gasteiger partial charge in [0.2, 0.25) is 0 Å². The molecule has 0 aromatic carbocycles. The monoisotopic (exact) mass is 754 g/mol. The van der Waals surface area contributed by atoms with Crippen LogP contribution in [0.5, 0.6) is 0 Å². The second-order valence-electron chi connectivity index (χ2n) is 16.7. The van der Waals surface area contributed by atoms with E-state index in [2.05, 4.69) is 105 Å². The molecule has 4 aliphatic carbocycles. The van der Waals surface area contributed by atoms with Gasteiger partial charge < -0.3 is 4.74 Å². The second kappa shape index (κ2) is 20.7. The molecule has 0 unspecified atom stereocenters. The molecule has 278 valence electrons. The first kappa shape index (κ1) is 41.3. The molecule has 0 N–H and O–H groups in total. The van der Waals surface area contributed by atoms with Crippen molar-refractivity contribution in [3.8, 4) is 35.5 Å². The lowest BCUT2D eigenvalue weighted by Crippen LogP contribution is -2.51. The summed E-state index contributed by atoms with van der Waals surface area (Å²) in [7, 11) is 0. The second-order valence-corrected chi connectivity index (χ2v) is 17.2. The Hall–Kier alpha value is -2.41. The predicted molar refractivity (Wildman–Crippen MR) is 220 cm³/mol. The molecular formula is C48H67BrO2. The molecule has 3 fully saturated rings. The van der Waals surface area contributed by atoms with Crippen molar-refractivity contribution in [2.45, 2.75) is 163 Å². The molecular weight excluding hydrogens is 688 g/mol. The summed E-state index contributed by atoms with van der Waals surface area (Å²) >= 11 is 3.21. The third-order valence-electron chi connectivity index (χ3n) is 13.9. The Kier molecular flexibility index (Phi) is 16.8. The van der Waals surface area contributed by atoms with Gasteiger partial charge in [0, 0.05) is 25.7 Å². The van der Waals surface area contributed by atoms with Crippen LogP contribution in [-0.2, 0) is 9.53 Å². The summed E-state index contributed by atoms with van der Waals surface area (Å²) < 4.78 is 6.06. The maximum atomic E-state index is 12.8. The van der Waals surface area contributed by atoms with E-state index in [4.69, 9.17) is 4.74 Å². The van der Waals surface area contributed by atoms with Crippen molar-refractivity contribution in [3.05, 3.63) is 47.0 Å². The van der Waals surface area contributed by atoms with Gasteiger partial charge in [0.05, 0.1) is 0 Å². The highest BCUT2D eigenvalue weighted by Crippen LogP contribution is 2.67. The number of esters is 1. The van der Waals surface area contributed by atoms with Crippen LogP contribution in [-0.4, -0.2) is 12.1 Å². The summed E-state index contributed by atoms with van der Waals surface area (Å²) in [4.78, 5) is 14.5. The number of carbonyl (C=O) groups is 1. The molecule has 4 aliphatic rings. The number of unbranched alkanes of at least 4 members (excludes halogenated alkanes) is 4. The van der Waals surface area contributed by atoms with E-state index in [1.807, 2.05) is 6.08 Å². The van der Waals surface area contributed by atoms with Crippen molar-refractivity contribution in [1.29, 1.82) is 0 Å². The minimum absolute atomic E-state index is 0.0294. The smallest absolute Gasteiger partial charge is 0.306 e. The average Bonchev–Trinajstić information content (AvgIpc) is 3.48. The van der Waals surface area contributed by atoms with E-state index in [-0.39, 0.29) is 17.5 Å². The maximum Gasteiger partial charge on any atom is 0.306 e. The van der Waals surface area contributed by atoms with E-state index in [1.54, 1.807) is 16.6 Å². The normalized spacial score (nSPS) is 30.1. The van der Waals surface area contributed by atoms with Crippen molar-refractivity contribution >= 4 is 21.9 Å². The topological polar surface area (TPSA) is 26.3 Å². The zero-order chi connectivity index (χ0) is 36.7. The van der Waals surface area contributed by atoms with E-state index < -0.39 is 0 Å². The van der Waals surface area contributed by atoms with Gasteiger partial charge in [0.15, 0.2) is 0 Å². The lowest BCUT2D eigenvalue weighted by atomic mass is 9.47. The molecule has 51 heavy (non-hydrogen) atoms. The molecule has 8 atom stereocenters. The first-order valence-electron chi connectivity index (χ1n) is 20.6. The summed E-state index contributed by atoms with van der Waals surface area (Å²) in [6, 6.07) is 0. The Labute approximate surface area is 321 Å². The van der Waals surface area contributed by atoms with Crippen molar-refractivity contribution in [2.24, 2.45) is 46.3 Å². The first-order chi connectivity index (χ1) is 24.7. The lowest BCUT2D eigenvalue weighted by molar-refractivity contribution is -0.151. The summed E-state index contributed by atoms with van der Waals surface area (Å²) in [5.74, 6) is 22.7. The van der Waals surface area contributed by atoms with Gasteiger partial charge in [-0.1, -0.05) is 104 Å². The molecule has 2 nitrogen and oxygen atoms in total. The summed E-state index contributed by atoms with van der Waals surface area (Å²) in [5.41, 5.74) is 3.84. The Morgan fingerprint density at radius 2 is 1.78 bits per heavy atom. The van der Waals surface area contributed by atoms with E-state index >= 15 is 0 Å². The molecule has 0 radical (unpaired) electrons. The van der Waals surface area contributed by atoms with E-state index in [0.717, 1.165) is 81.0 Å². The van der Waals surface area contributed by atoms with Crippen molar-refractivity contribution in [2.75, 3.05) is 0 Å². The zero-order valence-electron chi connectivity index (χ0n) is 32.8. The van der Waals surface area contributed by atoms with Crippen LogP contribution < -0.4 is 0 Å². The molecule has 0 aromatic rings. The van der Waals surface area contributed by atoms with Crippen LogP contribution in [0.2, 0.25) is 0 Å². The number of hydrogen-bond acceptors (Lipinski definition) is 2. The highest BCUT2D eigenvalue weighted by molar-refractivity contribution is 9.11. The fourth-order valence-electron chi connectivity index (χ4n) is 10.9. The standard InChI is InChI=1S/C48H67BrO2/c1-7-39(8-2)37(3)25-26-38(4)43-29-30-44-42-28-27-40-36-41(31-33-47(40,5)45(42)32-34-48(43,44)6)51-46(50)24-22-20-18-16-14-12-10-9-11-13-15-17-19-21-23-35-49/h9-10,23,27,35,38-39,41-45H,3,7-8,11,13,15,17,20,22,24-26,28-34,36H2,1-2,4-6H3/b10-9+,35-23+/t38-,41-,42+,43-,44+,45+,47+,48-/m1/s1. The van der Waals surface area contributed by atoms with E-state index in [1.165, 1.54) is 63.4 Å². The predicted octanol–water partition coefficient (Wildman–Crippen LogP) is 13.1. The minimum atomic E-state index is -0.0673. The Morgan fingerprint density at radius 1 is 0.980 bits per heavy atom. The van der Waals surface area contributed by atoms with Crippen LogP contribution in [0, 0.1) is 81.9 Å². The Morgan fingerprint density at radius 3 is 2.57 bits per heavy atom. The molecule has 0 amide bonds. The van der Waals surface area contributed by atoms with E-state index in [0.29, 0.717) is 24.2 Å². The molecule has 0 saturated heterocycles. The van der Waals surface area contributed by atoms with Gasteiger partial charge in [0.25, 0.3) is 0 Å². The van der Waals surface area contributed by atoms with Crippen molar-refractivity contribution < 1.29 is 9.53 Å². The molecule has 0 bridgehead atoms. The number of fused-ring (bicyclic) bond motifs is 5. The van der Waals surface area contributed by atoms with Gasteiger partial charge in [-0.3, -0.25) is 4.79 Å². The average molecular weight is 756 g/mol. The number of carbonyl (C=O) groups excluding carboxylic acids is 1. The van der Waals surface area contributed by atoms with Gasteiger partial charge in [-0.25, -0.2) is 0 Å². The van der Waals surface area contributed by atoms with Crippen LogP contribution in [0.1, 0.15) is 157 Å². The van der Waals surface area contributed by atoms with Crippen LogP contribution >= 0.6 is 15.9 Å². The maximum absolute atomic E-state index is 12.8. The molecule has 0 aromatic heterocycles. The van der Waals surface area contributed by atoms with Gasteiger partial charge in [-0.2, -0.15) is 0 Å². The number of halogens is 1. The van der Waals surface area contributed by atoms with Crippen molar-refractivity contribution in [3.63, 3.8) is 0 Å². The Balaban J connectivity index is 1.18. The molecule has 0 aliphatic heterocycles. The van der Waals surface area contributed by atoms with E-state index in [9.17, 15) is 4.79 Å². The molecule has 0 spiro atoms. The van der Waals surface area contributed by atoms with Gasteiger partial charge in [-0.05, 0) is 172 Å². The molecule has 3 saturated carbocycles. The fourth-order valence-corrected chi connectivity index (χ4v) is 11.1. The fraction of sp³-hybridized carbons (Fsp3) is 0.688.